The van der Waals surface area contributed by atoms with Gasteiger partial charge in [0.15, 0.2) is 0 Å². The van der Waals surface area contributed by atoms with Crippen molar-refractivity contribution < 1.29 is 13.6 Å². The molecule has 0 bridgehead atoms. The summed E-state index contributed by atoms with van der Waals surface area (Å²) >= 11 is -2.37. The molecule has 0 saturated carbocycles. The Kier molecular flexibility index (Phi) is 5.70. The van der Waals surface area contributed by atoms with E-state index in [4.69, 9.17) is 0 Å². The lowest BCUT2D eigenvalue weighted by molar-refractivity contribution is 0.0321. The molecule has 7 heteroatoms. The van der Waals surface area contributed by atoms with Crippen LogP contribution in [-0.4, -0.2) is 50.6 Å². The number of rotatable bonds is 6. The Morgan fingerprint density at radius 2 is 1.96 bits per heavy atom. The number of amides is 1. The third-order valence-corrected chi connectivity index (χ3v) is 5.10. The Balaban J connectivity index is 1.56. The first kappa shape index (κ1) is 18.6. The molecule has 2 aromatic rings. The second-order valence-corrected chi connectivity index (χ2v) is 7.30. The summed E-state index contributed by atoms with van der Waals surface area (Å²) in [5.41, 5.74) is 3.04. The zero-order valence-electron chi connectivity index (χ0n) is 14.8. The highest BCUT2D eigenvalue weighted by Crippen LogP contribution is 2.22. The van der Waals surface area contributed by atoms with Crippen LogP contribution in [0, 0.1) is 6.92 Å². The number of likely N-dealkylation sites (tertiary alicyclic amines) is 1. The molecule has 1 atom stereocenters. The van der Waals surface area contributed by atoms with E-state index in [1.54, 1.807) is 25.1 Å². The van der Waals surface area contributed by atoms with Gasteiger partial charge in [0.1, 0.15) is 0 Å². The minimum absolute atomic E-state index is 0.0211. The molecular weight excluding hydrogens is 350 g/mol. The smallest absolute Gasteiger partial charge is 0.253 e. The molecule has 1 N–H and O–H groups in total. The number of carbonyl (C=O) groups excluding carboxylic acids is 1. The van der Waals surface area contributed by atoms with Gasteiger partial charge in [0.2, 0.25) is 0 Å². The van der Waals surface area contributed by atoms with E-state index in [-0.39, 0.29) is 5.91 Å². The average molecular weight is 372 g/mol. The molecule has 6 nitrogen and oxygen atoms in total. The molecule has 1 aliphatic heterocycles. The molecule has 2 aromatic carbocycles. The van der Waals surface area contributed by atoms with Crippen LogP contribution >= 0.6 is 0 Å². The maximum absolute atomic E-state index is 12.6. The monoisotopic (exact) mass is 372 g/mol. The van der Waals surface area contributed by atoms with Gasteiger partial charge in [-0.15, -0.1) is 0 Å². The molecule has 1 amide bonds. The van der Waals surface area contributed by atoms with Crippen molar-refractivity contribution in [1.82, 2.24) is 9.80 Å². The summed E-state index contributed by atoms with van der Waals surface area (Å²) in [6.07, 6.45) is 0. The number of anilines is 1. The van der Waals surface area contributed by atoms with Gasteiger partial charge in [0.05, 0.1) is 0 Å². The van der Waals surface area contributed by atoms with Gasteiger partial charge in [0.25, 0.3) is 5.91 Å². The molecule has 0 aliphatic carbocycles. The first-order chi connectivity index (χ1) is 12.4. The minimum Gasteiger partial charge on any atom is -0.755 e. The maximum Gasteiger partial charge on any atom is 0.253 e. The minimum atomic E-state index is -2.37. The number of carbonyl (C=O) groups is 1. The van der Waals surface area contributed by atoms with E-state index in [1.165, 1.54) is 5.56 Å². The molecule has 138 valence electrons. The fourth-order valence-corrected chi connectivity index (χ4v) is 3.49. The van der Waals surface area contributed by atoms with Crippen molar-refractivity contribution in [2.24, 2.45) is 0 Å². The molecule has 1 unspecified atom stereocenters. The third-order valence-electron chi connectivity index (χ3n) is 4.71. The van der Waals surface area contributed by atoms with Crippen LogP contribution in [0.3, 0.4) is 0 Å². The van der Waals surface area contributed by atoms with Crippen LogP contribution < -0.4 is 4.72 Å². The molecule has 0 radical (unpaired) electrons. The van der Waals surface area contributed by atoms with Crippen LogP contribution in [0.2, 0.25) is 0 Å². The number of benzene rings is 2. The van der Waals surface area contributed by atoms with E-state index in [1.807, 2.05) is 23.1 Å². The van der Waals surface area contributed by atoms with Gasteiger partial charge in [-0.25, -0.2) is 0 Å². The van der Waals surface area contributed by atoms with Crippen LogP contribution in [0.5, 0.6) is 0 Å². The Morgan fingerprint density at radius 3 is 2.58 bits per heavy atom. The molecule has 26 heavy (non-hydrogen) atoms. The van der Waals surface area contributed by atoms with Crippen molar-refractivity contribution in [2.45, 2.75) is 19.5 Å². The summed E-state index contributed by atoms with van der Waals surface area (Å²) < 4.78 is 23.8. The van der Waals surface area contributed by atoms with E-state index in [0.717, 1.165) is 12.1 Å². The highest BCUT2D eigenvalue weighted by molar-refractivity contribution is 7.80. The van der Waals surface area contributed by atoms with Crippen molar-refractivity contribution in [3.8, 4) is 0 Å². The summed E-state index contributed by atoms with van der Waals surface area (Å²) in [7, 11) is 2.08. The lowest BCUT2D eigenvalue weighted by atomic mass is 10.0. The number of hydrogen-bond acceptors (Lipinski definition) is 4. The molecule has 1 fully saturated rings. The zero-order chi connectivity index (χ0) is 18.7. The lowest BCUT2D eigenvalue weighted by Crippen LogP contribution is -2.59. The molecule has 1 saturated heterocycles. The maximum atomic E-state index is 12.6. The Bertz CT molecular complexity index is 807. The first-order valence-corrected chi connectivity index (χ1v) is 9.51. The highest BCUT2D eigenvalue weighted by Gasteiger charge is 2.33. The first-order valence-electron chi connectivity index (χ1n) is 8.44. The summed E-state index contributed by atoms with van der Waals surface area (Å²) in [6.45, 7) is 4.04. The van der Waals surface area contributed by atoms with Crippen molar-refractivity contribution >= 4 is 22.9 Å². The van der Waals surface area contributed by atoms with E-state index in [0.29, 0.717) is 30.4 Å². The zero-order valence-corrected chi connectivity index (χ0v) is 15.7. The average Bonchev–Trinajstić information content (AvgIpc) is 2.55. The number of hydrogen-bond donors (Lipinski definition) is 1. The van der Waals surface area contributed by atoms with E-state index in [9.17, 15) is 13.6 Å². The third kappa shape index (κ3) is 4.30. The van der Waals surface area contributed by atoms with Gasteiger partial charge in [-0.2, -0.15) is 0 Å². The van der Waals surface area contributed by atoms with Crippen LogP contribution in [0.15, 0.2) is 48.5 Å². The summed E-state index contributed by atoms with van der Waals surface area (Å²) in [6, 6.07) is 15.6. The molecule has 0 spiro atoms. The molecule has 0 aromatic heterocycles. The van der Waals surface area contributed by atoms with Gasteiger partial charge in [-0.3, -0.25) is 13.9 Å². The predicted molar refractivity (Wildman–Crippen MR) is 101 cm³/mol. The quantitative estimate of drug-likeness (QED) is 0.789. The van der Waals surface area contributed by atoms with Crippen LogP contribution in [0.1, 0.15) is 21.5 Å². The van der Waals surface area contributed by atoms with Crippen molar-refractivity contribution in [3.05, 3.63) is 65.2 Å². The molecular formula is C19H22N3O3S-. The normalized spacial score (nSPS) is 15.6. The van der Waals surface area contributed by atoms with Crippen LogP contribution in [-0.2, 0) is 17.8 Å². The standard InChI is InChI=1S/C19H23N3O3S/c1-14-10-16(8-9-18(14)20-26(24)25)19(23)22-12-17(13-22)21(2)11-15-6-4-3-5-7-15/h3-10,17,20H,11-13H2,1-2H3,(H,24,25)/p-1. The second-order valence-electron chi connectivity index (χ2n) is 6.63. The van der Waals surface area contributed by atoms with Crippen molar-refractivity contribution in [1.29, 1.82) is 0 Å². The largest absolute Gasteiger partial charge is 0.755 e. The van der Waals surface area contributed by atoms with Crippen molar-refractivity contribution in [2.75, 3.05) is 24.9 Å². The van der Waals surface area contributed by atoms with Gasteiger partial charge >= 0.3 is 0 Å². The fourth-order valence-electron chi connectivity index (χ4n) is 3.08. The highest BCUT2D eigenvalue weighted by atomic mass is 32.2. The molecule has 3 rings (SSSR count). The summed E-state index contributed by atoms with van der Waals surface area (Å²) in [4.78, 5) is 16.7. The summed E-state index contributed by atoms with van der Waals surface area (Å²) in [5.74, 6) is -0.0211. The topological polar surface area (TPSA) is 75.7 Å². The second kappa shape index (κ2) is 7.99. The predicted octanol–water partition coefficient (Wildman–Crippen LogP) is 2.16. The van der Waals surface area contributed by atoms with E-state index < -0.39 is 11.3 Å². The van der Waals surface area contributed by atoms with E-state index >= 15 is 0 Å². The number of aryl methyl sites for hydroxylation is 1. The van der Waals surface area contributed by atoms with Gasteiger partial charge in [-0.05, 0) is 43.3 Å². The number of nitrogens with zero attached hydrogens (tertiary/aromatic N) is 2. The van der Waals surface area contributed by atoms with Crippen LogP contribution in [0.4, 0.5) is 5.69 Å². The Labute approximate surface area is 156 Å². The van der Waals surface area contributed by atoms with Gasteiger partial charge in [0, 0.05) is 48.2 Å². The van der Waals surface area contributed by atoms with Crippen LogP contribution in [0.25, 0.3) is 0 Å². The Morgan fingerprint density at radius 1 is 1.27 bits per heavy atom. The Hall–Kier alpha value is -2.22. The van der Waals surface area contributed by atoms with E-state index in [2.05, 4.69) is 28.8 Å². The lowest BCUT2D eigenvalue weighted by Gasteiger charge is -2.44. The fraction of sp³-hybridized carbons (Fsp3) is 0.316. The summed E-state index contributed by atoms with van der Waals surface area (Å²) in [5, 5.41) is 0. The molecule has 1 aliphatic rings. The van der Waals surface area contributed by atoms with Crippen molar-refractivity contribution in [3.63, 3.8) is 0 Å². The molecule has 1 heterocycles. The number of nitrogens with one attached hydrogen (secondary N) is 1. The van der Waals surface area contributed by atoms with Gasteiger partial charge < -0.3 is 14.2 Å². The number of likely N-dealkylation sites (N-methyl/N-ethyl adjacent to an activating group) is 1. The SMILES string of the molecule is Cc1cc(C(=O)N2CC(N(C)Cc3ccccc3)C2)ccc1NS(=O)[O-]. The van der Waals surface area contributed by atoms with Gasteiger partial charge in [-0.1, -0.05) is 30.3 Å².